The molecular weight excluding hydrogens is 179 g/mol. The maximum atomic E-state index is 12.7. The van der Waals surface area contributed by atoms with Crippen molar-refractivity contribution in [2.75, 3.05) is 7.05 Å². The zero-order valence-corrected chi connectivity index (χ0v) is 8.26. The molecule has 0 spiro atoms. The van der Waals surface area contributed by atoms with Gasteiger partial charge >= 0.3 is 6.18 Å². The van der Waals surface area contributed by atoms with E-state index in [0.29, 0.717) is 6.42 Å². The fraction of sp³-hybridized carbons (Fsp3) is 1.00. The van der Waals surface area contributed by atoms with Crippen LogP contribution < -0.4 is 5.32 Å². The highest BCUT2D eigenvalue weighted by atomic mass is 19.4. The van der Waals surface area contributed by atoms with Crippen LogP contribution in [-0.2, 0) is 0 Å². The van der Waals surface area contributed by atoms with Crippen LogP contribution in [-0.4, -0.2) is 18.8 Å². The van der Waals surface area contributed by atoms with E-state index in [1.165, 1.54) is 7.05 Å². The third-order valence-electron chi connectivity index (χ3n) is 3.03. The van der Waals surface area contributed by atoms with Crippen LogP contribution in [0, 0.1) is 5.41 Å². The number of hydrogen-bond donors (Lipinski definition) is 1. The van der Waals surface area contributed by atoms with Gasteiger partial charge in [-0.05, 0) is 31.7 Å². The summed E-state index contributed by atoms with van der Waals surface area (Å²) in [5.74, 6) is 0. The summed E-state index contributed by atoms with van der Waals surface area (Å²) in [7, 11) is 1.40. The Kier molecular flexibility index (Phi) is 2.39. The zero-order chi connectivity index (χ0) is 10.3. The van der Waals surface area contributed by atoms with Gasteiger partial charge in [-0.15, -0.1) is 0 Å². The van der Waals surface area contributed by atoms with Gasteiger partial charge in [-0.1, -0.05) is 13.8 Å². The number of rotatable bonds is 1. The van der Waals surface area contributed by atoms with Gasteiger partial charge in [-0.25, -0.2) is 0 Å². The van der Waals surface area contributed by atoms with Crippen LogP contribution in [0.5, 0.6) is 0 Å². The molecule has 0 aromatic carbocycles. The van der Waals surface area contributed by atoms with Gasteiger partial charge in [0.25, 0.3) is 0 Å². The topological polar surface area (TPSA) is 12.0 Å². The van der Waals surface area contributed by atoms with E-state index >= 15 is 0 Å². The van der Waals surface area contributed by atoms with Crippen molar-refractivity contribution in [3.8, 4) is 0 Å². The lowest BCUT2D eigenvalue weighted by Gasteiger charge is -2.32. The molecule has 1 N–H and O–H groups in total. The summed E-state index contributed by atoms with van der Waals surface area (Å²) in [4.78, 5) is 0. The molecule has 0 bridgehead atoms. The van der Waals surface area contributed by atoms with E-state index in [4.69, 9.17) is 0 Å². The van der Waals surface area contributed by atoms with E-state index in [-0.39, 0.29) is 18.3 Å². The summed E-state index contributed by atoms with van der Waals surface area (Å²) in [5, 5.41) is 2.45. The van der Waals surface area contributed by atoms with E-state index in [2.05, 4.69) is 5.32 Å². The molecule has 1 aliphatic rings. The number of halogens is 3. The van der Waals surface area contributed by atoms with Crippen molar-refractivity contribution in [2.45, 2.75) is 44.8 Å². The Labute approximate surface area is 76.7 Å². The van der Waals surface area contributed by atoms with Crippen LogP contribution >= 0.6 is 0 Å². The molecule has 78 valence electrons. The third kappa shape index (κ3) is 1.82. The predicted molar refractivity (Wildman–Crippen MR) is 45.5 cm³/mol. The Morgan fingerprint density at radius 3 is 1.85 bits per heavy atom. The Morgan fingerprint density at radius 2 is 1.69 bits per heavy atom. The fourth-order valence-corrected chi connectivity index (χ4v) is 2.14. The molecule has 0 amide bonds. The van der Waals surface area contributed by atoms with E-state index in [1.807, 2.05) is 13.8 Å². The highest BCUT2D eigenvalue weighted by molar-refractivity contribution is 5.03. The van der Waals surface area contributed by atoms with Gasteiger partial charge in [0.15, 0.2) is 0 Å². The van der Waals surface area contributed by atoms with E-state index in [9.17, 15) is 13.2 Å². The van der Waals surface area contributed by atoms with E-state index in [1.54, 1.807) is 0 Å². The quantitative estimate of drug-likeness (QED) is 0.678. The normalized spacial score (nSPS) is 33.7. The van der Waals surface area contributed by atoms with Crippen LogP contribution in [0.4, 0.5) is 13.2 Å². The summed E-state index contributed by atoms with van der Waals surface area (Å²) < 4.78 is 38.1. The van der Waals surface area contributed by atoms with Crippen LogP contribution in [0.1, 0.15) is 33.1 Å². The van der Waals surface area contributed by atoms with Crippen molar-refractivity contribution in [3.63, 3.8) is 0 Å². The largest absolute Gasteiger partial charge is 0.406 e. The number of alkyl halides is 3. The smallest absolute Gasteiger partial charge is 0.307 e. The van der Waals surface area contributed by atoms with Gasteiger partial charge in [0.05, 0.1) is 0 Å². The molecular formula is C9H16F3N. The van der Waals surface area contributed by atoms with Crippen molar-refractivity contribution in [1.29, 1.82) is 0 Å². The SMILES string of the molecule is CNC1(C(F)(F)F)CCC(C)(C)C1. The molecule has 0 aliphatic heterocycles. The molecule has 0 aromatic rings. The van der Waals surface area contributed by atoms with Crippen LogP contribution in [0.15, 0.2) is 0 Å². The molecule has 1 aliphatic carbocycles. The Hall–Kier alpha value is -0.250. The minimum absolute atomic E-state index is 0.181. The van der Waals surface area contributed by atoms with Gasteiger partial charge in [0.2, 0.25) is 0 Å². The Balaban J connectivity index is 2.87. The molecule has 0 saturated heterocycles. The van der Waals surface area contributed by atoms with Gasteiger partial charge in [0, 0.05) is 0 Å². The maximum absolute atomic E-state index is 12.7. The average molecular weight is 195 g/mol. The Bertz CT molecular complexity index is 198. The van der Waals surface area contributed by atoms with E-state index < -0.39 is 11.7 Å². The van der Waals surface area contributed by atoms with Crippen LogP contribution in [0.2, 0.25) is 0 Å². The monoisotopic (exact) mass is 195 g/mol. The summed E-state index contributed by atoms with van der Waals surface area (Å²) >= 11 is 0. The molecule has 0 aromatic heterocycles. The first kappa shape index (κ1) is 10.8. The van der Waals surface area contributed by atoms with Gasteiger partial charge < -0.3 is 5.32 Å². The third-order valence-corrected chi connectivity index (χ3v) is 3.03. The van der Waals surface area contributed by atoms with Crippen molar-refractivity contribution in [2.24, 2.45) is 5.41 Å². The van der Waals surface area contributed by atoms with Gasteiger partial charge in [0.1, 0.15) is 5.54 Å². The minimum Gasteiger partial charge on any atom is -0.307 e. The van der Waals surface area contributed by atoms with E-state index in [0.717, 1.165) is 0 Å². The minimum atomic E-state index is -4.13. The van der Waals surface area contributed by atoms with Gasteiger partial charge in [-0.2, -0.15) is 13.2 Å². The zero-order valence-electron chi connectivity index (χ0n) is 8.26. The molecule has 1 saturated carbocycles. The lowest BCUT2D eigenvalue weighted by molar-refractivity contribution is -0.195. The lowest BCUT2D eigenvalue weighted by atomic mass is 9.87. The molecule has 1 nitrogen and oxygen atoms in total. The molecule has 1 unspecified atom stereocenters. The number of nitrogens with one attached hydrogen (secondary N) is 1. The summed E-state index contributed by atoms with van der Waals surface area (Å²) in [6.07, 6.45) is -3.12. The van der Waals surface area contributed by atoms with Crippen molar-refractivity contribution >= 4 is 0 Å². The highest BCUT2D eigenvalue weighted by Crippen LogP contribution is 2.50. The maximum Gasteiger partial charge on any atom is 0.406 e. The van der Waals surface area contributed by atoms with Gasteiger partial charge in [-0.3, -0.25) is 0 Å². The summed E-state index contributed by atoms with van der Waals surface area (Å²) in [6.45, 7) is 3.77. The molecule has 0 heterocycles. The van der Waals surface area contributed by atoms with Crippen molar-refractivity contribution < 1.29 is 13.2 Å². The first-order chi connectivity index (χ1) is 5.72. The lowest BCUT2D eigenvalue weighted by Crippen LogP contribution is -2.53. The molecule has 4 heteroatoms. The molecule has 0 radical (unpaired) electrons. The first-order valence-corrected chi connectivity index (χ1v) is 4.48. The average Bonchev–Trinajstić information content (AvgIpc) is 2.26. The standard InChI is InChI=1S/C9H16F3N/c1-7(2)4-5-8(6-7,13-3)9(10,11)12/h13H,4-6H2,1-3H3. The second kappa shape index (κ2) is 2.87. The van der Waals surface area contributed by atoms with Crippen LogP contribution in [0.25, 0.3) is 0 Å². The number of hydrogen-bond acceptors (Lipinski definition) is 1. The summed E-state index contributed by atoms with van der Waals surface area (Å²) in [5.41, 5.74) is -1.84. The van der Waals surface area contributed by atoms with Crippen LogP contribution in [0.3, 0.4) is 0 Å². The molecule has 1 rings (SSSR count). The summed E-state index contributed by atoms with van der Waals surface area (Å²) in [6, 6.07) is 0. The van der Waals surface area contributed by atoms with Crippen molar-refractivity contribution in [3.05, 3.63) is 0 Å². The second-order valence-electron chi connectivity index (χ2n) is 4.67. The predicted octanol–water partition coefficient (Wildman–Crippen LogP) is 2.72. The fourth-order valence-electron chi connectivity index (χ4n) is 2.14. The molecule has 1 fully saturated rings. The highest BCUT2D eigenvalue weighted by Gasteiger charge is 2.58. The Morgan fingerprint density at radius 1 is 1.15 bits per heavy atom. The molecule has 1 atom stereocenters. The first-order valence-electron chi connectivity index (χ1n) is 4.48. The second-order valence-corrected chi connectivity index (χ2v) is 4.67. The molecule has 13 heavy (non-hydrogen) atoms. The van der Waals surface area contributed by atoms with Crippen molar-refractivity contribution in [1.82, 2.24) is 5.32 Å².